The molecular formula is C17H12BrNO3S. The predicted octanol–water partition coefficient (Wildman–Crippen LogP) is 4.85. The minimum absolute atomic E-state index is 0.0548. The van der Waals surface area contributed by atoms with E-state index in [0.717, 1.165) is 21.3 Å². The second kappa shape index (κ2) is 6.93. The Kier molecular flexibility index (Phi) is 4.73. The third-order valence-electron chi connectivity index (χ3n) is 3.17. The van der Waals surface area contributed by atoms with Gasteiger partial charge >= 0.3 is 5.97 Å². The number of aromatic carboxylic acids is 1. The van der Waals surface area contributed by atoms with Crippen molar-refractivity contribution < 1.29 is 14.6 Å². The fraction of sp³-hybridized carbons (Fsp3) is 0.0588. The van der Waals surface area contributed by atoms with E-state index >= 15 is 0 Å². The monoisotopic (exact) mass is 389 g/mol. The van der Waals surface area contributed by atoms with Gasteiger partial charge < -0.3 is 9.84 Å². The van der Waals surface area contributed by atoms with Gasteiger partial charge in [0.05, 0.1) is 0 Å². The van der Waals surface area contributed by atoms with Crippen LogP contribution in [0, 0.1) is 0 Å². The molecule has 116 valence electrons. The van der Waals surface area contributed by atoms with Crippen molar-refractivity contribution in [3.05, 3.63) is 69.1 Å². The van der Waals surface area contributed by atoms with Crippen LogP contribution < -0.4 is 4.74 Å². The second-order valence-corrected chi connectivity index (χ2v) is 6.61. The number of ether oxygens (including phenoxy) is 1. The molecule has 0 saturated heterocycles. The number of nitrogens with zero attached hydrogens (tertiary/aromatic N) is 1. The van der Waals surface area contributed by atoms with Crippen LogP contribution in [0.1, 0.15) is 15.5 Å². The summed E-state index contributed by atoms with van der Waals surface area (Å²) in [6, 6.07) is 15.9. The number of benzene rings is 2. The summed E-state index contributed by atoms with van der Waals surface area (Å²) in [6.45, 7) is 0.260. The molecule has 0 aliphatic carbocycles. The number of carboxylic acid groups (broad SMARTS) is 1. The normalized spacial score (nSPS) is 10.5. The van der Waals surface area contributed by atoms with Crippen molar-refractivity contribution in [2.45, 2.75) is 6.61 Å². The molecule has 0 aliphatic rings. The molecule has 0 bridgehead atoms. The fourth-order valence-electron chi connectivity index (χ4n) is 2.01. The maximum atomic E-state index is 10.8. The standard InChI is InChI=1S/C17H12BrNO3S/c18-13-5-1-11(2-6-13)12-3-7-14(8-4-12)22-9-16-19-15(10-23-16)17(20)21/h1-8,10H,9H2,(H,20,21). The van der Waals surface area contributed by atoms with E-state index in [4.69, 9.17) is 9.84 Å². The summed E-state index contributed by atoms with van der Waals surface area (Å²) < 4.78 is 6.69. The second-order valence-electron chi connectivity index (χ2n) is 4.75. The first-order valence-corrected chi connectivity index (χ1v) is 8.45. The lowest BCUT2D eigenvalue weighted by molar-refractivity contribution is 0.0691. The fourth-order valence-corrected chi connectivity index (χ4v) is 2.95. The Balaban J connectivity index is 1.65. The Morgan fingerprint density at radius 3 is 2.26 bits per heavy atom. The number of carbonyl (C=O) groups is 1. The van der Waals surface area contributed by atoms with Gasteiger partial charge in [0.15, 0.2) is 5.69 Å². The number of thiazole rings is 1. The molecule has 1 aromatic heterocycles. The zero-order chi connectivity index (χ0) is 16.2. The molecule has 0 amide bonds. The van der Waals surface area contributed by atoms with Crippen LogP contribution in [-0.2, 0) is 6.61 Å². The minimum Gasteiger partial charge on any atom is -0.486 e. The van der Waals surface area contributed by atoms with Crippen molar-refractivity contribution in [1.82, 2.24) is 4.98 Å². The van der Waals surface area contributed by atoms with Crippen LogP contribution in [0.15, 0.2) is 58.4 Å². The zero-order valence-corrected chi connectivity index (χ0v) is 14.3. The number of halogens is 1. The molecule has 0 atom stereocenters. The van der Waals surface area contributed by atoms with Gasteiger partial charge in [-0.15, -0.1) is 11.3 Å². The molecule has 1 N–H and O–H groups in total. The van der Waals surface area contributed by atoms with E-state index in [0.29, 0.717) is 5.01 Å². The SMILES string of the molecule is O=C(O)c1csc(COc2ccc(-c3ccc(Br)cc3)cc2)n1. The van der Waals surface area contributed by atoms with Gasteiger partial charge in [-0.3, -0.25) is 0 Å². The van der Waals surface area contributed by atoms with Crippen LogP contribution in [-0.4, -0.2) is 16.1 Å². The van der Waals surface area contributed by atoms with E-state index in [1.54, 1.807) is 0 Å². The van der Waals surface area contributed by atoms with Gasteiger partial charge in [0.1, 0.15) is 17.4 Å². The van der Waals surface area contributed by atoms with Crippen molar-refractivity contribution >= 4 is 33.2 Å². The molecule has 6 heteroatoms. The van der Waals surface area contributed by atoms with Crippen molar-refractivity contribution in [3.63, 3.8) is 0 Å². The molecule has 1 heterocycles. The van der Waals surface area contributed by atoms with Crippen molar-refractivity contribution in [2.24, 2.45) is 0 Å². The zero-order valence-electron chi connectivity index (χ0n) is 11.9. The first-order chi connectivity index (χ1) is 11.1. The van der Waals surface area contributed by atoms with Crippen LogP contribution in [0.4, 0.5) is 0 Å². The highest BCUT2D eigenvalue weighted by molar-refractivity contribution is 9.10. The van der Waals surface area contributed by atoms with Crippen molar-refractivity contribution in [3.8, 4) is 16.9 Å². The lowest BCUT2D eigenvalue weighted by Crippen LogP contribution is -1.99. The van der Waals surface area contributed by atoms with Gasteiger partial charge in [-0.2, -0.15) is 0 Å². The smallest absolute Gasteiger partial charge is 0.355 e. The summed E-state index contributed by atoms with van der Waals surface area (Å²) in [4.78, 5) is 14.8. The molecule has 0 fully saturated rings. The third kappa shape index (κ3) is 3.97. The number of carboxylic acids is 1. The molecule has 0 aliphatic heterocycles. The predicted molar refractivity (Wildman–Crippen MR) is 93.0 cm³/mol. The Bertz CT molecular complexity index is 813. The van der Waals surface area contributed by atoms with Gasteiger partial charge in [-0.1, -0.05) is 40.2 Å². The summed E-state index contributed by atoms with van der Waals surface area (Å²) >= 11 is 4.70. The summed E-state index contributed by atoms with van der Waals surface area (Å²) in [5, 5.41) is 11.0. The van der Waals surface area contributed by atoms with Crippen LogP contribution in [0.2, 0.25) is 0 Å². The number of rotatable bonds is 5. The third-order valence-corrected chi connectivity index (χ3v) is 4.52. The topological polar surface area (TPSA) is 59.4 Å². The largest absolute Gasteiger partial charge is 0.486 e. The van der Waals surface area contributed by atoms with E-state index < -0.39 is 5.97 Å². The average molecular weight is 390 g/mol. The molecule has 2 aromatic carbocycles. The van der Waals surface area contributed by atoms with E-state index in [9.17, 15) is 4.79 Å². The summed E-state index contributed by atoms with van der Waals surface area (Å²) in [7, 11) is 0. The Morgan fingerprint density at radius 2 is 1.70 bits per heavy atom. The van der Waals surface area contributed by atoms with Gasteiger partial charge in [-0.25, -0.2) is 9.78 Å². The maximum absolute atomic E-state index is 10.8. The van der Waals surface area contributed by atoms with Gasteiger partial charge in [0, 0.05) is 9.85 Å². The Morgan fingerprint density at radius 1 is 1.09 bits per heavy atom. The van der Waals surface area contributed by atoms with E-state index in [1.165, 1.54) is 16.7 Å². The van der Waals surface area contributed by atoms with Crippen LogP contribution in [0.3, 0.4) is 0 Å². The first-order valence-electron chi connectivity index (χ1n) is 6.78. The van der Waals surface area contributed by atoms with E-state index in [1.807, 2.05) is 48.5 Å². The summed E-state index contributed by atoms with van der Waals surface area (Å²) in [6.07, 6.45) is 0. The molecule has 0 spiro atoms. The molecular weight excluding hydrogens is 378 g/mol. The van der Waals surface area contributed by atoms with Crippen LogP contribution >= 0.6 is 27.3 Å². The van der Waals surface area contributed by atoms with Crippen molar-refractivity contribution in [1.29, 1.82) is 0 Å². The molecule has 0 radical (unpaired) electrons. The molecule has 3 aromatic rings. The number of aromatic nitrogens is 1. The number of hydrogen-bond acceptors (Lipinski definition) is 4. The lowest BCUT2D eigenvalue weighted by atomic mass is 10.1. The quantitative estimate of drug-likeness (QED) is 0.677. The average Bonchev–Trinajstić information content (AvgIpc) is 3.04. The lowest BCUT2D eigenvalue weighted by Gasteiger charge is -2.06. The minimum atomic E-state index is -1.02. The highest BCUT2D eigenvalue weighted by Crippen LogP contribution is 2.24. The van der Waals surface area contributed by atoms with E-state index in [-0.39, 0.29) is 12.3 Å². The molecule has 0 unspecified atom stereocenters. The van der Waals surface area contributed by atoms with Crippen LogP contribution in [0.5, 0.6) is 5.75 Å². The molecule has 3 rings (SSSR count). The van der Waals surface area contributed by atoms with Gasteiger partial charge in [-0.05, 0) is 35.4 Å². The number of hydrogen-bond donors (Lipinski definition) is 1. The van der Waals surface area contributed by atoms with Gasteiger partial charge in [0.25, 0.3) is 0 Å². The first kappa shape index (κ1) is 15.7. The molecule has 23 heavy (non-hydrogen) atoms. The Hall–Kier alpha value is -2.18. The molecule has 0 saturated carbocycles. The maximum Gasteiger partial charge on any atom is 0.355 e. The van der Waals surface area contributed by atoms with Crippen molar-refractivity contribution in [2.75, 3.05) is 0 Å². The van der Waals surface area contributed by atoms with E-state index in [2.05, 4.69) is 20.9 Å². The van der Waals surface area contributed by atoms with Gasteiger partial charge in [0.2, 0.25) is 0 Å². The molecule has 4 nitrogen and oxygen atoms in total. The summed E-state index contributed by atoms with van der Waals surface area (Å²) in [5.41, 5.74) is 2.29. The Labute approximate surface area is 145 Å². The highest BCUT2D eigenvalue weighted by Gasteiger charge is 2.09. The summed E-state index contributed by atoms with van der Waals surface area (Å²) in [5.74, 6) is -0.302. The highest BCUT2D eigenvalue weighted by atomic mass is 79.9. The van der Waals surface area contributed by atoms with Crippen LogP contribution in [0.25, 0.3) is 11.1 Å².